The van der Waals surface area contributed by atoms with E-state index in [1.807, 2.05) is 28.4 Å². The zero-order chi connectivity index (χ0) is 16.5. The normalized spacial score (nSPS) is 18.3. The average Bonchev–Trinajstić information content (AvgIpc) is 3.02. The maximum atomic E-state index is 12.6. The van der Waals surface area contributed by atoms with Crippen LogP contribution < -0.4 is 0 Å². The lowest BCUT2D eigenvalue weighted by atomic mass is 10.0. The van der Waals surface area contributed by atoms with Gasteiger partial charge in [-0.2, -0.15) is 0 Å². The molecular weight excluding hydrogens is 316 g/mol. The molecule has 1 saturated heterocycles. The summed E-state index contributed by atoms with van der Waals surface area (Å²) in [6.07, 6.45) is 3.39. The number of likely N-dealkylation sites (tertiary alicyclic amines) is 1. The fraction of sp³-hybridized carbons (Fsp3) is 0.450. The Kier molecular flexibility index (Phi) is 4.42. The second kappa shape index (κ2) is 6.69. The summed E-state index contributed by atoms with van der Waals surface area (Å²) in [6.45, 7) is 6.10. The third-order valence-electron chi connectivity index (χ3n) is 5.24. The van der Waals surface area contributed by atoms with Gasteiger partial charge in [0, 0.05) is 42.7 Å². The molecule has 126 valence electrons. The molecule has 3 heterocycles. The Morgan fingerprint density at radius 1 is 1.21 bits per heavy atom. The zero-order valence-electron chi connectivity index (χ0n) is 14.2. The first-order valence-corrected chi connectivity index (χ1v) is 9.80. The van der Waals surface area contributed by atoms with Crippen LogP contribution in [0.4, 0.5) is 0 Å². The highest BCUT2D eigenvalue weighted by atomic mass is 32.1. The molecule has 0 radical (unpaired) electrons. The van der Waals surface area contributed by atoms with E-state index >= 15 is 0 Å². The molecule has 0 atom stereocenters. The Hall–Kier alpha value is -1.65. The van der Waals surface area contributed by atoms with Crippen molar-refractivity contribution in [2.45, 2.75) is 38.8 Å². The number of hydrogen-bond acceptors (Lipinski definition) is 3. The lowest BCUT2D eigenvalue weighted by Crippen LogP contribution is -2.61. The number of carbonyl (C=O) groups excluding carboxylic acids is 1. The van der Waals surface area contributed by atoms with Crippen molar-refractivity contribution >= 4 is 17.2 Å². The lowest BCUT2D eigenvalue weighted by Gasteiger charge is -2.46. The number of rotatable bonds is 4. The van der Waals surface area contributed by atoms with Crippen molar-refractivity contribution < 1.29 is 4.79 Å². The quantitative estimate of drug-likeness (QED) is 0.849. The van der Waals surface area contributed by atoms with Crippen LogP contribution >= 0.6 is 11.3 Å². The molecule has 1 amide bonds. The van der Waals surface area contributed by atoms with Crippen LogP contribution in [0.5, 0.6) is 0 Å². The van der Waals surface area contributed by atoms with Crippen molar-refractivity contribution in [3.05, 3.63) is 57.3 Å². The summed E-state index contributed by atoms with van der Waals surface area (Å²) in [7, 11) is 0. The highest BCUT2D eigenvalue weighted by Crippen LogP contribution is 2.28. The number of nitrogens with zero attached hydrogens (tertiary/aromatic N) is 2. The molecule has 4 heteroatoms. The summed E-state index contributed by atoms with van der Waals surface area (Å²) < 4.78 is 0. The molecule has 1 aromatic heterocycles. The Balaban J connectivity index is 1.33. The van der Waals surface area contributed by atoms with Gasteiger partial charge in [-0.25, -0.2) is 0 Å². The first-order valence-electron chi connectivity index (χ1n) is 8.92. The van der Waals surface area contributed by atoms with Crippen molar-refractivity contribution in [2.75, 3.05) is 19.6 Å². The van der Waals surface area contributed by atoms with E-state index in [-0.39, 0.29) is 5.91 Å². The SMILES string of the molecule is CCCc1ccc(C(=O)N2CC(N3CCc4sccc4C3)C2)cc1. The van der Waals surface area contributed by atoms with Gasteiger partial charge in [-0.05, 0) is 47.5 Å². The van der Waals surface area contributed by atoms with E-state index in [0.717, 1.165) is 51.0 Å². The molecule has 2 aliphatic rings. The minimum Gasteiger partial charge on any atom is -0.335 e. The molecule has 24 heavy (non-hydrogen) atoms. The Morgan fingerprint density at radius 3 is 2.75 bits per heavy atom. The number of benzene rings is 1. The van der Waals surface area contributed by atoms with Crippen LogP contribution in [0.25, 0.3) is 0 Å². The topological polar surface area (TPSA) is 23.6 Å². The molecule has 0 unspecified atom stereocenters. The van der Waals surface area contributed by atoms with E-state index in [1.165, 1.54) is 11.1 Å². The fourth-order valence-corrected chi connectivity index (χ4v) is 4.61. The molecule has 2 aromatic rings. The Bertz CT molecular complexity index is 715. The van der Waals surface area contributed by atoms with E-state index < -0.39 is 0 Å². The van der Waals surface area contributed by atoms with Gasteiger partial charge < -0.3 is 4.90 Å². The molecule has 0 bridgehead atoms. The van der Waals surface area contributed by atoms with Crippen LogP contribution in [0.3, 0.4) is 0 Å². The van der Waals surface area contributed by atoms with Gasteiger partial charge in [0.05, 0.1) is 0 Å². The molecule has 0 aliphatic carbocycles. The fourth-order valence-electron chi connectivity index (χ4n) is 3.72. The minimum atomic E-state index is 0.183. The lowest BCUT2D eigenvalue weighted by molar-refractivity contribution is 0.0221. The van der Waals surface area contributed by atoms with Gasteiger partial charge in [0.15, 0.2) is 0 Å². The average molecular weight is 340 g/mol. The van der Waals surface area contributed by atoms with Gasteiger partial charge in [-0.3, -0.25) is 9.69 Å². The molecule has 2 aliphatic heterocycles. The van der Waals surface area contributed by atoms with Crippen molar-refractivity contribution in [3.8, 4) is 0 Å². The van der Waals surface area contributed by atoms with Crippen LogP contribution in [0.15, 0.2) is 35.7 Å². The summed E-state index contributed by atoms with van der Waals surface area (Å²) in [5, 5.41) is 2.20. The highest BCUT2D eigenvalue weighted by molar-refractivity contribution is 7.10. The summed E-state index contributed by atoms with van der Waals surface area (Å²) in [5.41, 5.74) is 3.63. The number of fused-ring (bicyclic) bond motifs is 1. The standard InChI is InChI=1S/C20H24N2OS/c1-2-3-15-4-6-16(7-5-15)20(23)22-13-18(14-22)21-10-8-19-17(12-21)9-11-24-19/h4-7,9,11,18H,2-3,8,10,12-14H2,1H3. The van der Waals surface area contributed by atoms with Gasteiger partial charge in [-0.15, -0.1) is 11.3 Å². The van der Waals surface area contributed by atoms with Crippen molar-refractivity contribution in [2.24, 2.45) is 0 Å². The Morgan fingerprint density at radius 2 is 2.00 bits per heavy atom. The van der Waals surface area contributed by atoms with E-state index in [9.17, 15) is 4.79 Å². The molecule has 1 fully saturated rings. The van der Waals surface area contributed by atoms with E-state index in [1.54, 1.807) is 4.88 Å². The van der Waals surface area contributed by atoms with Crippen LogP contribution in [0, 0.1) is 0 Å². The third kappa shape index (κ3) is 3.01. The summed E-state index contributed by atoms with van der Waals surface area (Å²) >= 11 is 1.88. The molecular formula is C20H24N2OS. The van der Waals surface area contributed by atoms with Crippen molar-refractivity contribution in [3.63, 3.8) is 0 Å². The maximum absolute atomic E-state index is 12.6. The predicted molar refractivity (Wildman–Crippen MR) is 98.6 cm³/mol. The minimum absolute atomic E-state index is 0.183. The van der Waals surface area contributed by atoms with E-state index in [4.69, 9.17) is 0 Å². The number of aryl methyl sites for hydroxylation is 1. The Labute approximate surface area is 147 Å². The molecule has 0 N–H and O–H groups in total. The van der Waals surface area contributed by atoms with Crippen molar-refractivity contribution in [1.29, 1.82) is 0 Å². The molecule has 0 spiro atoms. The largest absolute Gasteiger partial charge is 0.335 e. The number of hydrogen-bond donors (Lipinski definition) is 0. The number of thiophene rings is 1. The second-order valence-corrected chi connectivity index (χ2v) is 7.90. The third-order valence-corrected chi connectivity index (χ3v) is 6.27. The molecule has 1 aromatic carbocycles. The van der Waals surface area contributed by atoms with E-state index in [0.29, 0.717) is 6.04 Å². The maximum Gasteiger partial charge on any atom is 0.253 e. The number of amides is 1. The molecule has 3 nitrogen and oxygen atoms in total. The summed E-state index contributed by atoms with van der Waals surface area (Å²) in [5.74, 6) is 0.183. The van der Waals surface area contributed by atoms with Crippen LogP contribution in [0.1, 0.15) is 39.7 Å². The van der Waals surface area contributed by atoms with Gasteiger partial charge >= 0.3 is 0 Å². The first-order chi connectivity index (χ1) is 11.7. The van der Waals surface area contributed by atoms with Gasteiger partial charge in [0.2, 0.25) is 0 Å². The number of carbonyl (C=O) groups is 1. The predicted octanol–water partition coefficient (Wildman–Crippen LogP) is 3.58. The highest BCUT2D eigenvalue weighted by Gasteiger charge is 2.36. The van der Waals surface area contributed by atoms with Crippen molar-refractivity contribution in [1.82, 2.24) is 9.80 Å². The summed E-state index contributed by atoms with van der Waals surface area (Å²) in [4.78, 5) is 18.7. The second-order valence-electron chi connectivity index (χ2n) is 6.90. The monoisotopic (exact) mass is 340 g/mol. The summed E-state index contributed by atoms with van der Waals surface area (Å²) in [6, 6.07) is 10.9. The molecule has 4 rings (SSSR count). The zero-order valence-corrected chi connectivity index (χ0v) is 15.0. The molecule has 0 saturated carbocycles. The van der Waals surface area contributed by atoms with Crippen LogP contribution in [-0.2, 0) is 19.4 Å². The van der Waals surface area contributed by atoms with Crippen LogP contribution in [0.2, 0.25) is 0 Å². The van der Waals surface area contributed by atoms with Gasteiger partial charge in [-0.1, -0.05) is 25.5 Å². The van der Waals surface area contributed by atoms with E-state index in [2.05, 4.69) is 35.4 Å². The first kappa shape index (κ1) is 15.9. The smallest absolute Gasteiger partial charge is 0.253 e. The van der Waals surface area contributed by atoms with Crippen LogP contribution in [-0.4, -0.2) is 41.4 Å². The van der Waals surface area contributed by atoms with Gasteiger partial charge in [0.25, 0.3) is 5.91 Å². The van der Waals surface area contributed by atoms with Gasteiger partial charge in [0.1, 0.15) is 0 Å².